The van der Waals surface area contributed by atoms with Crippen molar-refractivity contribution in [2.75, 3.05) is 11.5 Å². The number of hydrogen-bond donors (Lipinski definition) is 0. The van der Waals surface area contributed by atoms with Gasteiger partial charge in [-0.15, -0.1) is 0 Å². The Hall–Kier alpha value is -1.58. The maximum absolute atomic E-state index is 13.2. The van der Waals surface area contributed by atoms with Crippen molar-refractivity contribution < 1.29 is 12.8 Å². The van der Waals surface area contributed by atoms with E-state index in [1.54, 1.807) is 0 Å². The normalized spacial score (nSPS) is 21.5. The zero-order valence-electron chi connectivity index (χ0n) is 15.9. The molecule has 152 valence electrons. The Bertz CT molecular complexity index is 1010. The topological polar surface area (TPSA) is 60.1 Å². The summed E-state index contributed by atoms with van der Waals surface area (Å²) < 4.78 is 41.0. The van der Waals surface area contributed by atoms with Crippen molar-refractivity contribution in [3.8, 4) is 0 Å². The first-order chi connectivity index (χ1) is 13.3. The van der Waals surface area contributed by atoms with E-state index in [9.17, 15) is 12.8 Å². The second kappa shape index (κ2) is 7.68. The van der Waals surface area contributed by atoms with Gasteiger partial charge in [-0.1, -0.05) is 12.1 Å². The van der Waals surface area contributed by atoms with Crippen LogP contribution in [0.15, 0.2) is 24.3 Å². The maximum atomic E-state index is 13.2. The molecule has 1 atom stereocenters. The van der Waals surface area contributed by atoms with E-state index in [0.29, 0.717) is 30.3 Å². The summed E-state index contributed by atoms with van der Waals surface area (Å²) in [6.45, 7) is 1.30. The van der Waals surface area contributed by atoms with Gasteiger partial charge in [0.2, 0.25) is 0 Å². The highest BCUT2D eigenvalue weighted by Crippen LogP contribution is 2.29. The SMILES string of the molecule is Cn1c(C[C@@H]2CCS(=O)(=O)C2)nn(CN(Cc2ccc(F)cc2)C2CC2)c1=S. The first-order valence-electron chi connectivity index (χ1n) is 9.62. The molecule has 4 rings (SSSR count). The standard InChI is InChI=1S/C19H25FN4O2S2/c1-22-18(10-15-8-9-28(25,26)12-15)21-24(19(22)27)13-23(17-6-7-17)11-14-2-4-16(20)5-3-14/h2-5,15,17H,6-13H2,1H3/t15-/m0/s1. The molecule has 1 aliphatic heterocycles. The van der Waals surface area contributed by atoms with Gasteiger partial charge in [-0.2, -0.15) is 5.10 Å². The third kappa shape index (κ3) is 4.52. The molecule has 0 bridgehead atoms. The van der Waals surface area contributed by atoms with Crippen LogP contribution in [0, 0.1) is 16.5 Å². The van der Waals surface area contributed by atoms with Crippen LogP contribution < -0.4 is 0 Å². The Morgan fingerprint density at radius 1 is 1.25 bits per heavy atom. The molecule has 2 heterocycles. The van der Waals surface area contributed by atoms with E-state index < -0.39 is 9.84 Å². The van der Waals surface area contributed by atoms with Crippen LogP contribution >= 0.6 is 12.2 Å². The first kappa shape index (κ1) is 19.7. The van der Waals surface area contributed by atoms with Gasteiger partial charge >= 0.3 is 0 Å². The van der Waals surface area contributed by atoms with Gasteiger partial charge in [0, 0.05) is 26.1 Å². The third-order valence-electron chi connectivity index (χ3n) is 5.61. The molecule has 1 aromatic heterocycles. The predicted octanol–water partition coefficient (Wildman–Crippen LogP) is 2.69. The maximum Gasteiger partial charge on any atom is 0.198 e. The minimum Gasteiger partial charge on any atom is -0.307 e. The molecular formula is C19H25FN4O2S2. The van der Waals surface area contributed by atoms with Crippen LogP contribution in [0.2, 0.25) is 0 Å². The molecule has 2 aliphatic rings. The summed E-state index contributed by atoms with van der Waals surface area (Å²) in [5.74, 6) is 1.24. The number of aromatic nitrogens is 3. The second-order valence-corrected chi connectivity index (χ2v) is 10.6. The fourth-order valence-corrected chi connectivity index (χ4v) is 5.89. The molecule has 0 spiro atoms. The van der Waals surface area contributed by atoms with Crippen molar-refractivity contribution in [2.24, 2.45) is 13.0 Å². The van der Waals surface area contributed by atoms with Crippen LogP contribution in [-0.4, -0.2) is 45.2 Å². The summed E-state index contributed by atoms with van der Waals surface area (Å²) in [6.07, 6.45) is 3.62. The highest BCUT2D eigenvalue weighted by atomic mass is 32.2. The van der Waals surface area contributed by atoms with E-state index in [1.807, 2.05) is 28.4 Å². The van der Waals surface area contributed by atoms with Crippen molar-refractivity contribution in [1.29, 1.82) is 0 Å². The molecule has 28 heavy (non-hydrogen) atoms. The van der Waals surface area contributed by atoms with Gasteiger partial charge in [0.15, 0.2) is 14.6 Å². The number of nitrogens with zero attached hydrogens (tertiary/aromatic N) is 4. The van der Waals surface area contributed by atoms with Crippen molar-refractivity contribution in [3.63, 3.8) is 0 Å². The highest BCUT2D eigenvalue weighted by Gasteiger charge is 2.31. The molecule has 6 nitrogen and oxygen atoms in total. The molecule has 0 radical (unpaired) electrons. The minimum atomic E-state index is -2.90. The van der Waals surface area contributed by atoms with E-state index in [2.05, 4.69) is 4.90 Å². The van der Waals surface area contributed by atoms with E-state index in [0.717, 1.165) is 30.8 Å². The Morgan fingerprint density at radius 3 is 2.57 bits per heavy atom. The van der Waals surface area contributed by atoms with Crippen LogP contribution in [0.1, 0.15) is 30.7 Å². The molecule has 1 aliphatic carbocycles. The lowest BCUT2D eigenvalue weighted by Crippen LogP contribution is -2.29. The van der Waals surface area contributed by atoms with Gasteiger partial charge in [-0.05, 0) is 55.1 Å². The second-order valence-electron chi connectivity index (χ2n) is 7.98. The summed E-state index contributed by atoms with van der Waals surface area (Å²) in [4.78, 5) is 2.32. The quantitative estimate of drug-likeness (QED) is 0.640. The third-order valence-corrected chi connectivity index (χ3v) is 7.93. The van der Waals surface area contributed by atoms with Gasteiger partial charge < -0.3 is 4.57 Å². The monoisotopic (exact) mass is 424 g/mol. The molecule has 1 saturated carbocycles. The molecular weight excluding hydrogens is 399 g/mol. The summed E-state index contributed by atoms with van der Waals surface area (Å²) in [6, 6.07) is 7.10. The number of halogens is 1. The zero-order chi connectivity index (χ0) is 19.9. The number of sulfone groups is 1. The van der Waals surface area contributed by atoms with Crippen molar-refractivity contribution >= 4 is 22.1 Å². The first-order valence-corrected chi connectivity index (χ1v) is 11.9. The molecule has 2 aromatic rings. The van der Waals surface area contributed by atoms with E-state index in [-0.39, 0.29) is 23.2 Å². The predicted molar refractivity (Wildman–Crippen MR) is 107 cm³/mol. The lowest BCUT2D eigenvalue weighted by molar-refractivity contribution is 0.186. The Morgan fingerprint density at radius 2 is 1.96 bits per heavy atom. The molecule has 1 aromatic carbocycles. The van der Waals surface area contributed by atoms with E-state index in [1.165, 1.54) is 12.1 Å². The lowest BCUT2D eigenvalue weighted by Gasteiger charge is -2.21. The Labute approximate surface area is 169 Å². The average molecular weight is 425 g/mol. The largest absolute Gasteiger partial charge is 0.307 e. The fraction of sp³-hybridized carbons (Fsp3) is 0.579. The van der Waals surface area contributed by atoms with Crippen LogP contribution in [0.5, 0.6) is 0 Å². The van der Waals surface area contributed by atoms with E-state index >= 15 is 0 Å². The van der Waals surface area contributed by atoms with Crippen LogP contribution in [0.3, 0.4) is 0 Å². The summed E-state index contributed by atoms with van der Waals surface area (Å²) in [5, 5.41) is 4.71. The van der Waals surface area contributed by atoms with Gasteiger partial charge in [0.25, 0.3) is 0 Å². The van der Waals surface area contributed by atoms with Crippen LogP contribution in [-0.2, 0) is 36.5 Å². The Balaban J connectivity index is 1.48. The molecule has 9 heteroatoms. The van der Waals surface area contributed by atoms with Gasteiger partial charge in [-0.3, -0.25) is 4.90 Å². The zero-order valence-corrected chi connectivity index (χ0v) is 17.6. The molecule has 2 fully saturated rings. The van der Waals surface area contributed by atoms with Crippen molar-refractivity contribution in [2.45, 2.75) is 44.9 Å². The van der Waals surface area contributed by atoms with E-state index in [4.69, 9.17) is 17.3 Å². The van der Waals surface area contributed by atoms with Crippen molar-refractivity contribution in [3.05, 3.63) is 46.2 Å². The summed E-state index contributed by atoms with van der Waals surface area (Å²) >= 11 is 5.58. The number of benzene rings is 1. The lowest BCUT2D eigenvalue weighted by atomic mass is 10.1. The molecule has 0 unspecified atom stereocenters. The molecule has 0 amide bonds. The van der Waals surface area contributed by atoms with Gasteiger partial charge in [0.05, 0.1) is 18.2 Å². The number of rotatable bonds is 7. The fourth-order valence-electron chi connectivity index (χ4n) is 3.82. The van der Waals surface area contributed by atoms with Crippen LogP contribution in [0.25, 0.3) is 0 Å². The Kier molecular flexibility index (Phi) is 5.41. The summed E-state index contributed by atoms with van der Waals surface area (Å²) in [7, 11) is -1.00. The van der Waals surface area contributed by atoms with Gasteiger partial charge in [0.1, 0.15) is 11.6 Å². The smallest absolute Gasteiger partial charge is 0.198 e. The molecule has 1 saturated heterocycles. The number of hydrogen-bond acceptors (Lipinski definition) is 5. The van der Waals surface area contributed by atoms with Gasteiger partial charge in [-0.25, -0.2) is 17.5 Å². The molecule has 0 N–H and O–H groups in total. The van der Waals surface area contributed by atoms with Crippen LogP contribution in [0.4, 0.5) is 4.39 Å². The van der Waals surface area contributed by atoms with Crippen molar-refractivity contribution in [1.82, 2.24) is 19.2 Å². The summed E-state index contributed by atoms with van der Waals surface area (Å²) in [5.41, 5.74) is 1.06. The average Bonchev–Trinajstić information content (AvgIpc) is 3.39. The minimum absolute atomic E-state index is 0.118. The highest BCUT2D eigenvalue weighted by molar-refractivity contribution is 7.91.